The molecule has 4 atom stereocenters. The molecule has 40 heavy (non-hydrogen) atoms. The van der Waals surface area contributed by atoms with Gasteiger partial charge in [0.15, 0.2) is 29.5 Å². The minimum absolute atomic E-state index is 0.00839. The normalized spacial score (nSPS) is 25.1. The molecule has 0 aliphatic carbocycles. The highest BCUT2D eigenvalue weighted by atomic mass is 19.2. The van der Waals surface area contributed by atoms with Gasteiger partial charge in [0.2, 0.25) is 0 Å². The van der Waals surface area contributed by atoms with Crippen molar-refractivity contribution in [1.82, 2.24) is 14.9 Å². The second-order valence-electron chi connectivity index (χ2n) is 10.4. The number of benzene rings is 3. The van der Waals surface area contributed by atoms with E-state index in [4.69, 9.17) is 4.74 Å². The molecule has 7 rings (SSSR count). The lowest BCUT2D eigenvalue weighted by atomic mass is 9.88. The standard InChI is InChI=1S/C27H19F4N3O6/c1-27(39)6-8(7-35)40-26(23(27)36)34-16-5-14(31)12(29)3-10(16)18-20-19(24(37)33-25(20)38)17-9-2-11(28)13(30)4-15(9)32-21(17)22(18)34/h2-5,8,23,26,32,35-36,39H,6-7H2,1H3,(H,33,37,38)/t8-,23-,26+,27+/m0/s1. The summed E-state index contributed by atoms with van der Waals surface area (Å²) in [6.07, 6.45) is -4.34. The second kappa shape index (κ2) is 8.01. The predicted molar refractivity (Wildman–Crippen MR) is 133 cm³/mol. The van der Waals surface area contributed by atoms with Gasteiger partial charge in [0.25, 0.3) is 11.8 Å². The van der Waals surface area contributed by atoms with Crippen LogP contribution in [0.1, 0.15) is 40.3 Å². The molecule has 2 aromatic heterocycles. The molecule has 5 N–H and O–H groups in total. The average molecular weight is 557 g/mol. The highest BCUT2D eigenvalue weighted by Gasteiger charge is 2.47. The third-order valence-electron chi connectivity index (χ3n) is 7.89. The van der Waals surface area contributed by atoms with E-state index in [9.17, 15) is 42.5 Å². The lowest BCUT2D eigenvalue weighted by Gasteiger charge is -2.43. The molecule has 0 spiro atoms. The van der Waals surface area contributed by atoms with Gasteiger partial charge in [0.1, 0.15) is 6.10 Å². The number of H-pyrrole nitrogens is 1. The number of ether oxygens (including phenoxy) is 1. The molecule has 0 radical (unpaired) electrons. The van der Waals surface area contributed by atoms with Crippen LogP contribution in [0.3, 0.4) is 0 Å². The van der Waals surface area contributed by atoms with Crippen molar-refractivity contribution in [3.05, 3.63) is 58.7 Å². The molecule has 1 fully saturated rings. The second-order valence-corrected chi connectivity index (χ2v) is 10.4. The average Bonchev–Trinajstić information content (AvgIpc) is 3.50. The topological polar surface area (TPSA) is 137 Å². The number of carbonyl (C=O) groups excluding carboxylic acids is 2. The number of imide groups is 1. The van der Waals surface area contributed by atoms with E-state index in [0.29, 0.717) is 0 Å². The number of rotatable bonds is 2. The third kappa shape index (κ3) is 3.11. The monoisotopic (exact) mass is 557 g/mol. The maximum absolute atomic E-state index is 14.7. The van der Waals surface area contributed by atoms with Gasteiger partial charge in [-0.2, -0.15) is 0 Å². The first-order valence-electron chi connectivity index (χ1n) is 12.2. The summed E-state index contributed by atoms with van der Waals surface area (Å²) in [6.45, 7) is 0.768. The van der Waals surface area contributed by atoms with Crippen molar-refractivity contribution in [2.24, 2.45) is 0 Å². The molecule has 5 aromatic rings. The van der Waals surface area contributed by atoms with Crippen LogP contribution >= 0.6 is 0 Å². The largest absolute Gasteiger partial charge is 0.394 e. The number of halogens is 4. The van der Waals surface area contributed by atoms with Gasteiger partial charge in [-0.1, -0.05) is 0 Å². The number of aromatic amines is 1. The van der Waals surface area contributed by atoms with E-state index in [1.165, 1.54) is 11.5 Å². The van der Waals surface area contributed by atoms with E-state index in [1.807, 2.05) is 0 Å². The molecule has 3 aromatic carbocycles. The predicted octanol–water partition coefficient (Wildman–Crippen LogP) is 3.26. The highest BCUT2D eigenvalue weighted by molar-refractivity contribution is 6.39. The highest BCUT2D eigenvalue weighted by Crippen LogP contribution is 2.47. The molecule has 0 unspecified atom stereocenters. The van der Waals surface area contributed by atoms with Gasteiger partial charge in [0, 0.05) is 45.6 Å². The number of fused-ring (bicyclic) bond motifs is 10. The lowest BCUT2D eigenvalue weighted by Crippen LogP contribution is -2.54. The Bertz CT molecular complexity index is 1980. The molecule has 9 nitrogen and oxygen atoms in total. The molecule has 2 aliphatic heterocycles. The molecule has 2 amide bonds. The van der Waals surface area contributed by atoms with Crippen molar-refractivity contribution in [3.63, 3.8) is 0 Å². The summed E-state index contributed by atoms with van der Waals surface area (Å²) in [5, 5.41) is 34.2. The van der Waals surface area contributed by atoms with Crippen molar-refractivity contribution in [3.8, 4) is 0 Å². The molecule has 4 heterocycles. The van der Waals surface area contributed by atoms with E-state index < -0.39 is 65.7 Å². The van der Waals surface area contributed by atoms with Crippen molar-refractivity contribution in [1.29, 1.82) is 0 Å². The van der Waals surface area contributed by atoms with Crippen LogP contribution in [-0.4, -0.2) is 61.1 Å². The van der Waals surface area contributed by atoms with E-state index in [-0.39, 0.29) is 61.2 Å². The van der Waals surface area contributed by atoms with Crippen LogP contribution in [0.25, 0.3) is 43.6 Å². The third-order valence-corrected chi connectivity index (χ3v) is 7.89. The number of aliphatic hydroxyl groups is 3. The van der Waals surface area contributed by atoms with Crippen LogP contribution in [0, 0.1) is 23.3 Å². The molecule has 206 valence electrons. The number of hydrogen-bond acceptors (Lipinski definition) is 6. The number of aromatic nitrogens is 2. The Balaban J connectivity index is 1.75. The SMILES string of the molecule is C[C@@]1(O)C[C@@H](CO)O[C@@H](n2c3cc(F)c(F)cc3c3c4c(c5c6cc(F)c(F)cc6[nH]c5c32)C(=O)NC4=O)[C@@H]1O. The summed E-state index contributed by atoms with van der Waals surface area (Å²) < 4.78 is 65.1. The molecule has 0 saturated carbocycles. The zero-order valence-corrected chi connectivity index (χ0v) is 20.5. The Morgan fingerprint density at radius 3 is 2.25 bits per heavy atom. The fraction of sp³-hybridized carbons (Fsp3) is 0.259. The smallest absolute Gasteiger partial charge is 0.259 e. The minimum Gasteiger partial charge on any atom is -0.394 e. The van der Waals surface area contributed by atoms with E-state index in [0.717, 1.165) is 24.3 Å². The summed E-state index contributed by atoms with van der Waals surface area (Å²) in [6, 6.07) is 3.36. The number of nitrogens with one attached hydrogen (secondary N) is 2. The summed E-state index contributed by atoms with van der Waals surface area (Å²) >= 11 is 0. The van der Waals surface area contributed by atoms with Gasteiger partial charge < -0.3 is 29.6 Å². The molecular formula is C27H19F4N3O6. The van der Waals surface area contributed by atoms with E-state index in [2.05, 4.69) is 10.3 Å². The van der Waals surface area contributed by atoms with Gasteiger partial charge in [-0.3, -0.25) is 14.9 Å². The Hall–Kier alpha value is -4.04. The first-order valence-corrected chi connectivity index (χ1v) is 12.2. The maximum Gasteiger partial charge on any atom is 0.259 e. The summed E-state index contributed by atoms with van der Waals surface area (Å²) in [4.78, 5) is 29.1. The Morgan fingerprint density at radius 1 is 0.975 bits per heavy atom. The van der Waals surface area contributed by atoms with E-state index in [1.54, 1.807) is 0 Å². The van der Waals surface area contributed by atoms with Gasteiger partial charge >= 0.3 is 0 Å². The number of nitrogens with zero attached hydrogens (tertiary/aromatic N) is 1. The summed E-state index contributed by atoms with van der Waals surface area (Å²) in [5.74, 6) is -6.65. The van der Waals surface area contributed by atoms with Gasteiger partial charge in [-0.05, 0) is 19.1 Å². The number of hydrogen-bond donors (Lipinski definition) is 5. The molecule has 13 heteroatoms. The fourth-order valence-corrected chi connectivity index (χ4v) is 6.14. The quantitative estimate of drug-likeness (QED) is 0.167. The van der Waals surface area contributed by atoms with E-state index >= 15 is 0 Å². The Morgan fingerprint density at radius 2 is 1.57 bits per heavy atom. The van der Waals surface area contributed by atoms with Gasteiger partial charge in [0.05, 0.1) is 46.0 Å². The Labute approximate surface area is 220 Å². The number of aliphatic hydroxyl groups excluding tert-OH is 2. The molecular weight excluding hydrogens is 538 g/mol. The van der Waals surface area contributed by atoms with Crippen molar-refractivity contribution in [2.45, 2.75) is 37.4 Å². The van der Waals surface area contributed by atoms with Gasteiger partial charge in [-0.25, -0.2) is 17.6 Å². The number of carbonyl (C=O) groups is 2. The summed E-state index contributed by atoms with van der Waals surface area (Å²) in [7, 11) is 0. The van der Waals surface area contributed by atoms with Crippen LogP contribution in [0.15, 0.2) is 24.3 Å². The van der Waals surface area contributed by atoms with Crippen LogP contribution in [0.5, 0.6) is 0 Å². The summed E-state index contributed by atoms with van der Waals surface area (Å²) in [5.41, 5.74) is -2.18. The molecule has 0 bridgehead atoms. The van der Waals surface area contributed by atoms with Crippen molar-refractivity contribution in [2.75, 3.05) is 6.61 Å². The van der Waals surface area contributed by atoms with Crippen LogP contribution in [0.2, 0.25) is 0 Å². The molecule has 2 aliphatic rings. The lowest BCUT2D eigenvalue weighted by molar-refractivity contribution is -0.237. The first-order chi connectivity index (χ1) is 18.9. The number of amides is 2. The van der Waals surface area contributed by atoms with Crippen LogP contribution in [0.4, 0.5) is 17.6 Å². The van der Waals surface area contributed by atoms with Crippen LogP contribution in [-0.2, 0) is 4.74 Å². The zero-order chi connectivity index (χ0) is 28.4. The minimum atomic E-state index is -1.81. The maximum atomic E-state index is 14.7. The fourth-order valence-electron chi connectivity index (χ4n) is 6.14. The van der Waals surface area contributed by atoms with Crippen molar-refractivity contribution >= 4 is 55.4 Å². The zero-order valence-electron chi connectivity index (χ0n) is 20.5. The first kappa shape index (κ1) is 25.0. The Kier molecular flexibility index (Phi) is 5.00. The van der Waals surface area contributed by atoms with Gasteiger partial charge in [-0.15, -0.1) is 0 Å². The van der Waals surface area contributed by atoms with Crippen LogP contribution < -0.4 is 5.32 Å². The van der Waals surface area contributed by atoms with Crippen molar-refractivity contribution < 1.29 is 47.2 Å². The molecule has 1 saturated heterocycles.